The van der Waals surface area contributed by atoms with E-state index >= 15 is 0 Å². The standard InChI is InChI=1S/C27H26Cl2FN5O2/c1-37-20-6-7-24-22(15-20)21(16-25(33-24)17-3-2-4-18(30)13-17)23-14-19(32-27(36)34-31)5-8-26(23)35(11-9-28)12-10-29/h2-8,13-16H,9-12,31H2,1H3,(H2,32,34,36). The van der Waals surface area contributed by atoms with Crippen LogP contribution in [0.25, 0.3) is 33.3 Å². The number of pyridine rings is 1. The fraction of sp³-hybridized carbons (Fsp3) is 0.185. The number of nitrogens with zero attached hydrogens (tertiary/aromatic N) is 2. The van der Waals surface area contributed by atoms with Gasteiger partial charge >= 0.3 is 6.03 Å². The second kappa shape index (κ2) is 12.1. The number of anilines is 2. The molecule has 0 atom stereocenters. The quantitative estimate of drug-likeness (QED) is 0.105. The lowest BCUT2D eigenvalue weighted by atomic mass is 9.95. The molecule has 4 aromatic rings. The van der Waals surface area contributed by atoms with Crippen molar-refractivity contribution in [2.24, 2.45) is 5.84 Å². The number of halogens is 3. The van der Waals surface area contributed by atoms with E-state index in [-0.39, 0.29) is 5.82 Å². The molecule has 1 aromatic heterocycles. The number of hydrazine groups is 1. The van der Waals surface area contributed by atoms with E-state index in [0.29, 0.717) is 53.1 Å². The predicted octanol–water partition coefficient (Wildman–Crippen LogP) is 6.00. The number of carbonyl (C=O) groups excluding carboxylic acids is 1. The van der Waals surface area contributed by atoms with Gasteiger partial charge in [0.1, 0.15) is 11.6 Å². The first-order chi connectivity index (χ1) is 18.0. The average Bonchev–Trinajstić information content (AvgIpc) is 2.92. The highest BCUT2D eigenvalue weighted by Crippen LogP contribution is 2.40. The Morgan fingerprint density at radius 1 is 1.03 bits per heavy atom. The first kappa shape index (κ1) is 26.5. The third kappa shape index (κ3) is 6.05. The molecule has 2 amide bonds. The summed E-state index contributed by atoms with van der Waals surface area (Å²) in [5.74, 6) is 6.37. The molecule has 3 aromatic carbocycles. The highest BCUT2D eigenvalue weighted by atomic mass is 35.5. The monoisotopic (exact) mass is 541 g/mol. The van der Waals surface area contributed by atoms with E-state index in [2.05, 4.69) is 15.6 Å². The molecular formula is C27H26Cl2FN5O2. The van der Waals surface area contributed by atoms with E-state index < -0.39 is 6.03 Å². The summed E-state index contributed by atoms with van der Waals surface area (Å²) in [6.45, 7) is 1.11. The van der Waals surface area contributed by atoms with Crippen molar-refractivity contribution in [3.8, 4) is 28.1 Å². The SMILES string of the molecule is COc1ccc2nc(-c3cccc(F)c3)cc(-c3cc(NC(=O)NN)ccc3N(CCCl)CCCl)c2c1. The molecule has 0 saturated heterocycles. The van der Waals surface area contributed by atoms with Crippen molar-refractivity contribution in [2.45, 2.75) is 0 Å². The Morgan fingerprint density at radius 2 is 1.81 bits per heavy atom. The number of hydrogen-bond acceptors (Lipinski definition) is 5. The van der Waals surface area contributed by atoms with Crippen LogP contribution in [0.3, 0.4) is 0 Å². The highest BCUT2D eigenvalue weighted by Gasteiger charge is 2.18. The highest BCUT2D eigenvalue weighted by molar-refractivity contribution is 6.18. The van der Waals surface area contributed by atoms with Crippen molar-refractivity contribution in [2.75, 3.05) is 42.2 Å². The number of urea groups is 1. The maximum Gasteiger partial charge on any atom is 0.333 e. The first-order valence-electron chi connectivity index (χ1n) is 11.5. The summed E-state index contributed by atoms with van der Waals surface area (Å²) < 4.78 is 19.6. The summed E-state index contributed by atoms with van der Waals surface area (Å²) in [7, 11) is 1.60. The number of aromatic nitrogens is 1. The van der Waals surface area contributed by atoms with Gasteiger partial charge in [0.15, 0.2) is 0 Å². The van der Waals surface area contributed by atoms with Crippen molar-refractivity contribution in [1.82, 2.24) is 10.4 Å². The third-order valence-corrected chi connectivity index (χ3v) is 6.20. The molecule has 0 aliphatic carbocycles. The zero-order valence-electron chi connectivity index (χ0n) is 20.1. The summed E-state index contributed by atoms with van der Waals surface area (Å²) in [5, 5.41) is 3.54. The lowest BCUT2D eigenvalue weighted by Crippen LogP contribution is -2.34. The zero-order chi connectivity index (χ0) is 26.4. The minimum absolute atomic E-state index is 0.356. The fourth-order valence-electron chi connectivity index (χ4n) is 4.18. The Morgan fingerprint density at radius 3 is 2.49 bits per heavy atom. The molecule has 0 fully saturated rings. The number of methoxy groups -OCH3 is 1. The van der Waals surface area contributed by atoms with Crippen LogP contribution in [0.2, 0.25) is 0 Å². The van der Waals surface area contributed by atoms with Gasteiger partial charge in [0, 0.05) is 52.7 Å². The normalized spacial score (nSPS) is 10.8. The second-order valence-corrected chi connectivity index (χ2v) is 8.90. The van der Waals surface area contributed by atoms with Crippen molar-refractivity contribution < 1.29 is 13.9 Å². The van der Waals surface area contributed by atoms with Crippen LogP contribution in [0.15, 0.2) is 66.7 Å². The van der Waals surface area contributed by atoms with Crippen molar-refractivity contribution >= 4 is 51.5 Å². The van der Waals surface area contributed by atoms with Crippen molar-refractivity contribution in [3.63, 3.8) is 0 Å². The largest absolute Gasteiger partial charge is 0.497 e. The Kier molecular flexibility index (Phi) is 8.66. The Hall–Kier alpha value is -3.59. The van der Waals surface area contributed by atoms with E-state index in [4.69, 9.17) is 38.8 Å². The molecule has 0 radical (unpaired) electrons. The van der Waals surface area contributed by atoms with Gasteiger partial charge in [0.25, 0.3) is 0 Å². The summed E-state index contributed by atoms with van der Waals surface area (Å²) in [6.07, 6.45) is 0. The van der Waals surface area contributed by atoms with Crippen LogP contribution in [0.1, 0.15) is 0 Å². The number of fused-ring (bicyclic) bond motifs is 1. The van der Waals surface area contributed by atoms with E-state index in [0.717, 1.165) is 22.2 Å². The number of hydrogen-bond donors (Lipinski definition) is 3. The van der Waals surface area contributed by atoms with Gasteiger partial charge in [0.05, 0.1) is 18.3 Å². The minimum atomic E-state index is -0.557. The van der Waals surface area contributed by atoms with Crippen LogP contribution in [0.4, 0.5) is 20.6 Å². The number of benzene rings is 3. The number of ether oxygens (including phenoxy) is 1. The Bertz CT molecular complexity index is 1410. The molecule has 4 N–H and O–H groups in total. The summed E-state index contributed by atoms with van der Waals surface area (Å²) in [5.41, 5.74) is 6.99. The van der Waals surface area contributed by atoms with Crippen LogP contribution < -0.4 is 26.2 Å². The molecule has 0 saturated carbocycles. The molecule has 192 valence electrons. The number of alkyl halides is 2. The van der Waals surface area contributed by atoms with Gasteiger partial charge in [0.2, 0.25) is 0 Å². The van der Waals surface area contributed by atoms with Gasteiger partial charge in [-0.2, -0.15) is 0 Å². The number of amides is 2. The molecule has 4 rings (SSSR count). The van der Waals surface area contributed by atoms with Gasteiger partial charge in [-0.3, -0.25) is 5.43 Å². The predicted molar refractivity (Wildman–Crippen MR) is 149 cm³/mol. The van der Waals surface area contributed by atoms with Gasteiger partial charge in [-0.15, -0.1) is 23.2 Å². The third-order valence-electron chi connectivity index (χ3n) is 5.86. The molecular weight excluding hydrogens is 516 g/mol. The van der Waals surface area contributed by atoms with E-state index in [9.17, 15) is 9.18 Å². The molecule has 0 aliphatic rings. The minimum Gasteiger partial charge on any atom is -0.497 e. The Balaban J connectivity index is 2.03. The molecule has 0 bridgehead atoms. The smallest absolute Gasteiger partial charge is 0.333 e. The number of carbonyl (C=O) groups is 1. The molecule has 0 spiro atoms. The van der Waals surface area contributed by atoms with E-state index in [1.807, 2.05) is 42.5 Å². The molecule has 10 heteroatoms. The van der Waals surface area contributed by atoms with Crippen LogP contribution >= 0.6 is 23.2 Å². The molecule has 1 heterocycles. The zero-order valence-corrected chi connectivity index (χ0v) is 21.6. The first-order valence-corrected chi connectivity index (χ1v) is 12.6. The van der Waals surface area contributed by atoms with Crippen molar-refractivity contribution in [3.05, 3.63) is 72.5 Å². The summed E-state index contributed by atoms with van der Waals surface area (Å²) >= 11 is 12.3. The molecule has 0 unspecified atom stereocenters. The summed E-state index contributed by atoms with van der Waals surface area (Å²) in [4.78, 5) is 18.9. The van der Waals surface area contributed by atoms with Crippen LogP contribution in [-0.4, -0.2) is 43.0 Å². The molecule has 0 aliphatic heterocycles. The molecule has 7 nitrogen and oxygen atoms in total. The molecule has 37 heavy (non-hydrogen) atoms. The van der Waals surface area contributed by atoms with E-state index in [1.165, 1.54) is 12.1 Å². The van der Waals surface area contributed by atoms with Gasteiger partial charge in [-0.1, -0.05) is 12.1 Å². The van der Waals surface area contributed by atoms with E-state index in [1.54, 1.807) is 19.2 Å². The summed E-state index contributed by atoms with van der Waals surface area (Å²) in [6, 6.07) is 18.8. The second-order valence-electron chi connectivity index (χ2n) is 8.14. The number of nitrogens with two attached hydrogens (primary N) is 1. The van der Waals surface area contributed by atoms with Crippen LogP contribution in [-0.2, 0) is 0 Å². The van der Waals surface area contributed by atoms with Gasteiger partial charge in [-0.05, 0) is 60.2 Å². The van der Waals surface area contributed by atoms with Gasteiger partial charge in [-0.25, -0.2) is 20.0 Å². The lowest BCUT2D eigenvalue weighted by Gasteiger charge is -2.27. The maximum absolute atomic E-state index is 14.1. The van der Waals surface area contributed by atoms with Gasteiger partial charge < -0.3 is 15.0 Å². The van der Waals surface area contributed by atoms with Crippen LogP contribution in [0, 0.1) is 5.82 Å². The maximum atomic E-state index is 14.1. The average molecular weight is 542 g/mol. The topological polar surface area (TPSA) is 92.5 Å². The number of nitrogens with one attached hydrogen (secondary N) is 2. The Labute approximate surface area is 224 Å². The lowest BCUT2D eigenvalue weighted by molar-refractivity contribution is 0.252. The number of rotatable bonds is 9. The van der Waals surface area contributed by atoms with Crippen molar-refractivity contribution in [1.29, 1.82) is 0 Å². The van der Waals surface area contributed by atoms with Crippen LogP contribution in [0.5, 0.6) is 5.75 Å². The fourth-order valence-corrected chi connectivity index (χ4v) is 4.59.